The second kappa shape index (κ2) is 10.3. The highest BCUT2D eigenvalue weighted by Crippen LogP contribution is 2.22. The fourth-order valence-electron chi connectivity index (χ4n) is 2.72. The van der Waals surface area contributed by atoms with E-state index in [4.69, 9.17) is 21.1 Å². The van der Waals surface area contributed by atoms with Gasteiger partial charge in [-0.05, 0) is 55.5 Å². The molecule has 0 saturated carbocycles. The molecule has 2 aromatic carbocycles. The molecule has 162 valence electrons. The van der Waals surface area contributed by atoms with Crippen molar-refractivity contribution in [3.8, 4) is 11.5 Å². The molecule has 0 aliphatic rings. The molecule has 9 heteroatoms. The van der Waals surface area contributed by atoms with Gasteiger partial charge in [-0.25, -0.2) is 4.98 Å². The van der Waals surface area contributed by atoms with E-state index in [1.165, 1.54) is 16.2 Å². The van der Waals surface area contributed by atoms with Crippen molar-refractivity contribution in [1.29, 1.82) is 0 Å². The van der Waals surface area contributed by atoms with Crippen molar-refractivity contribution in [3.05, 3.63) is 69.1 Å². The predicted octanol–water partition coefficient (Wildman–Crippen LogP) is 4.40. The van der Waals surface area contributed by atoms with Crippen LogP contribution in [-0.2, 0) is 11.4 Å². The van der Waals surface area contributed by atoms with E-state index in [9.17, 15) is 9.59 Å². The lowest BCUT2D eigenvalue weighted by molar-refractivity contribution is -0.116. The summed E-state index contributed by atoms with van der Waals surface area (Å²) in [6.07, 6.45) is 0. The quantitative estimate of drug-likeness (QED) is 0.540. The molecule has 0 saturated heterocycles. The van der Waals surface area contributed by atoms with Crippen LogP contribution >= 0.6 is 22.9 Å². The number of amides is 2. The van der Waals surface area contributed by atoms with Crippen molar-refractivity contribution in [2.45, 2.75) is 13.5 Å². The fourth-order valence-corrected chi connectivity index (χ4v) is 3.82. The van der Waals surface area contributed by atoms with Crippen molar-refractivity contribution >= 4 is 40.4 Å². The lowest BCUT2D eigenvalue weighted by Crippen LogP contribution is -2.34. The second-order valence-electron chi connectivity index (χ2n) is 6.70. The number of halogens is 1. The Balaban J connectivity index is 1.56. The lowest BCUT2D eigenvalue weighted by Gasteiger charge is -2.16. The number of nitrogens with zero attached hydrogens (tertiary/aromatic N) is 2. The van der Waals surface area contributed by atoms with Crippen LogP contribution in [0.5, 0.6) is 11.5 Å². The molecule has 0 bridgehead atoms. The van der Waals surface area contributed by atoms with Gasteiger partial charge in [0.25, 0.3) is 5.91 Å². The zero-order chi connectivity index (χ0) is 22.4. The summed E-state index contributed by atoms with van der Waals surface area (Å²) in [6.45, 7) is 1.92. The van der Waals surface area contributed by atoms with Crippen LogP contribution in [0.2, 0.25) is 5.02 Å². The maximum absolute atomic E-state index is 12.8. The highest BCUT2D eigenvalue weighted by Gasteiger charge is 2.21. The van der Waals surface area contributed by atoms with E-state index < -0.39 is 0 Å². The van der Waals surface area contributed by atoms with Crippen LogP contribution in [0.15, 0.2) is 48.5 Å². The number of aryl methyl sites for hydroxylation is 1. The van der Waals surface area contributed by atoms with Gasteiger partial charge in [0.05, 0.1) is 19.3 Å². The van der Waals surface area contributed by atoms with Gasteiger partial charge in [0.1, 0.15) is 28.0 Å². The average Bonchev–Trinajstić information content (AvgIpc) is 3.13. The zero-order valence-electron chi connectivity index (χ0n) is 17.3. The molecule has 3 rings (SSSR count). The third-order valence-electron chi connectivity index (χ3n) is 4.31. The van der Waals surface area contributed by atoms with E-state index in [0.29, 0.717) is 37.8 Å². The zero-order valence-corrected chi connectivity index (χ0v) is 18.9. The fraction of sp³-hybridized carbons (Fsp3) is 0.227. The third kappa shape index (κ3) is 6.19. The number of nitrogens with one attached hydrogen (secondary N) is 1. The Bertz CT molecular complexity index is 1050. The van der Waals surface area contributed by atoms with Crippen LogP contribution in [0, 0.1) is 6.92 Å². The van der Waals surface area contributed by atoms with E-state index in [1.807, 2.05) is 0 Å². The summed E-state index contributed by atoms with van der Waals surface area (Å²) in [5.41, 5.74) is 1.23. The van der Waals surface area contributed by atoms with E-state index >= 15 is 0 Å². The van der Waals surface area contributed by atoms with Crippen LogP contribution in [0.3, 0.4) is 0 Å². The SMILES string of the molecule is COc1ccc(NC(=O)CN(C)C(=O)c2sc(COc3ccc(Cl)cc3)nc2C)cc1. The minimum absolute atomic E-state index is 0.0845. The highest BCUT2D eigenvalue weighted by atomic mass is 35.5. The van der Waals surface area contributed by atoms with Gasteiger partial charge in [-0.1, -0.05) is 11.6 Å². The van der Waals surface area contributed by atoms with Crippen molar-refractivity contribution in [1.82, 2.24) is 9.88 Å². The van der Waals surface area contributed by atoms with Gasteiger partial charge < -0.3 is 19.7 Å². The number of ether oxygens (including phenoxy) is 2. The van der Waals surface area contributed by atoms with Gasteiger partial charge in [0.15, 0.2) is 0 Å². The molecule has 0 atom stereocenters. The summed E-state index contributed by atoms with van der Waals surface area (Å²) in [4.78, 5) is 31.4. The maximum atomic E-state index is 12.8. The molecule has 1 N–H and O–H groups in total. The summed E-state index contributed by atoms with van der Waals surface area (Å²) >= 11 is 7.12. The van der Waals surface area contributed by atoms with Gasteiger partial charge in [-0.3, -0.25) is 9.59 Å². The largest absolute Gasteiger partial charge is 0.497 e. The number of aromatic nitrogens is 1. The van der Waals surface area contributed by atoms with Crippen molar-refractivity contribution in [3.63, 3.8) is 0 Å². The minimum atomic E-state index is -0.297. The molecule has 1 aromatic heterocycles. The minimum Gasteiger partial charge on any atom is -0.497 e. The van der Waals surface area contributed by atoms with Gasteiger partial charge in [-0.2, -0.15) is 0 Å². The maximum Gasteiger partial charge on any atom is 0.266 e. The molecule has 7 nitrogen and oxygen atoms in total. The van der Waals surface area contributed by atoms with E-state index in [1.54, 1.807) is 69.6 Å². The number of anilines is 1. The summed E-state index contributed by atoms with van der Waals surface area (Å²) in [6, 6.07) is 14.0. The first-order chi connectivity index (χ1) is 14.9. The molecule has 0 radical (unpaired) electrons. The standard InChI is InChI=1S/C22H22ClN3O4S/c1-14-21(31-20(24-14)13-30-18-8-4-15(23)5-9-18)22(28)26(2)12-19(27)25-16-6-10-17(29-3)11-7-16/h4-11H,12-13H2,1-3H3,(H,25,27). The number of carbonyl (C=O) groups excluding carboxylic acids is 2. The monoisotopic (exact) mass is 459 g/mol. The van der Waals surface area contributed by atoms with Crippen LogP contribution < -0.4 is 14.8 Å². The first-order valence-electron chi connectivity index (χ1n) is 9.39. The number of thiazole rings is 1. The molecule has 0 fully saturated rings. The molecular formula is C22H22ClN3O4S. The average molecular weight is 460 g/mol. The Morgan fingerprint density at radius 2 is 1.74 bits per heavy atom. The Morgan fingerprint density at radius 1 is 1.10 bits per heavy atom. The summed E-state index contributed by atoms with van der Waals surface area (Å²) < 4.78 is 10.8. The number of methoxy groups -OCH3 is 1. The molecule has 0 aliphatic heterocycles. The number of hydrogen-bond acceptors (Lipinski definition) is 6. The Morgan fingerprint density at radius 3 is 2.39 bits per heavy atom. The molecule has 31 heavy (non-hydrogen) atoms. The van der Waals surface area contributed by atoms with E-state index in [-0.39, 0.29) is 25.0 Å². The molecule has 0 spiro atoms. The van der Waals surface area contributed by atoms with Crippen LogP contribution in [0.4, 0.5) is 5.69 Å². The van der Waals surface area contributed by atoms with Crippen LogP contribution in [0.25, 0.3) is 0 Å². The van der Waals surface area contributed by atoms with Gasteiger partial charge in [0, 0.05) is 17.8 Å². The van der Waals surface area contributed by atoms with Gasteiger partial charge in [0.2, 0.25) is 5.91 Å². The molecule has 0 unspecified atom stereocenters. The molecule has 2 amide bonds. The van der Waals surface area contributed by atoms with Crippen LogP contribution in [-0.4, -0.2) is 42.4 Å². The highest BCUT2D eigenvalue weighted by molar-refractivity contribution is 7.13. The first kappa shape index (κ1) is 22.6. The van der Waals surface area contributed by atoms with Crippen molar-refractivity contribution in [2.24, 2.45) is 0 Å². The number of carbonyl (C=O) groups is 2. The lowest BCUT2D eigenvalue weighted by atomic mass is 10.3. The number of likely N-dealkylation sites (N-methyl/N-ethyl adjacent to an activating group) is 1. The molecule has 3 aromatic rings. The van der Waals surface area contributed by atoms with Gasteiger partial charge >= 0.3 is 0 Å². The van der Waals surface area contributed by atoms with Crippen molar-refractivity contribution in [2.75, 3.05) is 26.0 Å². The molecule has 1 heterocycles. The Labute approximate surface area is 189 Å². The number of rotatable bonds is 8. The smallest absolute Gasteiger partial charge is 0.266 e. The summed E-state index contributed by atoms with van der Waals surface area (Å²) in [7, 11) is 3.16. The van der Waals surface area contributed by atoms with E-state index in [0.717, 1.165) is 0 Å². The van der Waals surface area contributed by atoms with Gasteiger partial charge in [-0.15, -0.1) is 11.3 Å². The molecule has 0 aliphatic carbocycles. The third-order valence-corrected chi connectivity index (χ3v) is 5.68. The first-order valence-corrected chi connectivity index (χ1v) is 10.6. The molecular weight excluding hydrogens is 438 g/mol. The normalized spacial score (nSPS) is 10.5. The topological polar surface area (TPSA) is 80.8 Å². The van der Waals surface area contributed by atoms with Crippen LogP contribution in [0.1, 0.15) is 20.4 Å². The summed E-state index contributed by atoms with van der Waals surface area (Å²) in [5, 5.41) is 4.06. The van der Waals surface area contributed by atoms with E-state index in [2.05, 4.69) is 10.3 Å². The Kier molecular flexibility index (Phi) is 7.49. The predicted molar refractivity (Wildman–Crippen MR) is 121 cm³/mol. The second-order valence-corrected chi connectivity index (χ2v) is 8.22. The van der Waals surface area contributed by atoms with Crippen molar-refractivity contribution < 1.29 is 19.1 Å². The summed E-state index contributed by atoms with van der Waals surface area (Å²) in [5.74, 6) is 0.798. The Hall–Kier alpha value is -3.10. The number of hydrogen-bond donors (Lipinski definition) is 1. The number of benzene rings is 2.